The van der Waals surface area contributed by atoms with Gasteiger partial charge in [0.05, 0.1) is 12.1 Å². The number of para-hydroxylation sites is 1. The highest BCUT2D eigenvalue weighted by Gasteiger charge is 2.51. The lowest BCUT2D eigenvalue weighted by Crippen LogP contribution is -2.51. The van der Waals surface area contributed by atoms with E-state index in [9.17, 15) is 9.59 Å². The maximum atomic E-state index is 12.8. The number of carbonyl (C=O) groups excluding carboxylic acids is 2. The fraction of sp³-hybridized carbons (Fsp3) is 0.607. The van der Waals surface area contributed by atoms with Crippen molar-refractivity contribution in [2.45, 2.75) is 51.5 Å². The molecule has 1 aromatic carbocycles. The quantitative estimate of drug-likeness (QED) is 0.715. The molecule has 2 aromatic rings. The van der Waals surface area contributed by atoms with Crippen LogP contribution in [0.25, 0.3) is 10.9 Å². The molecule has 2 amide bonds. The minimum absolute atomic E-state index is 0.0466. The summed E-state index contributed by atoms with van der Waals surface area (Å²) in [4.78, 5) is 34.4. The number of nitrogens with one attached hydrogen (secondary N) is 1. The van der Waals surface area contributed by atoms with Gasteiger partial charge in [0.15, 0.2) is 0 Å². The number of rotatable bonds is 6. The van der Waals surface area contributed by atoms with E-state index in [0.717, 1.165) is 48.3 Å². The van der Waals surface area contributed by atoms with E-state index in [4.69, 9.17) is 0 Å². The smallest absolute Gasteiger partial charge is 0.242 e. The summed E-state index contributed by atoms with van der Waals surface area (Å²) < 4.78 is 0. The molecule has 1 saturated heterocycles. The maximum Gasteiger partial charge on any atom is 0.242 e. The molecule has 6 heteroatoms. The van der Waals surface area contributed by atoms with Gasteiger partial charge in [-0.1, -0.05) is 24.3 Å². The fourth-order valence-electron chi connectivity index (χ4n) is 7.89. The van der Waals surface area contributed by atoms with Crippen molar-refractivity contribution in [2.75, 3.05) is 32.7 Å². The second-order valence-corrected chi connectivity index (χ2v) is 11.5. The largest absolute Gasteiger partial charge is 0.347 e. The first-order valence-electron chi connectivity index (χ1n) is 13.1. The van der Waals surface area contributed by atoms with Gasteiger partial charge >= 0.3 is 0 Å². The van der Waals surface area contributed by atoms with Crippen molar-refractivity contribution in [1.29, 1.82) is 0 Å². The summed E-state index contributed by atoms with van der Waals surface area (Å²) in [6.07, 6.45) is 10.3. The van der Waals surface area contributed by atoms with Gasteiger partial charge in [-0.2, -0.15) is 0 Å². The van der Waals surface area contributed by atoms with E-state index >= 15 is 0 Å². The van der Waals surface area contributed by atoms with Gasteiger partial charge in [-0.3, -0.25) is 19.5 Å². The standard InChI is InChI=1S/C28H36N4O2/c33-25(17-28-14-20-11-21(15-28)13-22(12-20)16-28)30-18-26(34)32-9-7-31(8-10-32)19-24-4-1-3-23-5-2-6-29-27(23)24/h1-6,20-22H,7-19H2,(H,30,33). The zero-order chi connectivity index (χ0) is 23.1. The molecule has 4 aliphatic carbocycles. The maximum absolute atomic E-state index is 12.8. The van der Waals surface area contributed by atoms with Crippen LogP contribution >= 0.6 is 0 Å². The molecule has 1 aliphatic heterocycles. The minimum atomic E-state index is 0.0466. The molecule has 0 radical (unpaired) electrons. The van der Waals surface area contributed by atoms with Gasteiger partial charge in [0.1, 0.15) is 0 Å². The average Bonchev–Trinajstić information content (AvgIpc) is 2.82. The Morgan fingerprint density at radius 3 is 2.32 bits per heavy atom. The monoisotopic (exact) mass is 460 g/mol. The Morgan fingerprint density at radius 2 is 1.62 bits per heavy atom. The number of fused-ring (bicyclic) bond motifs is 1. The lowest BCUT2D eigenvalue weighted by atomic mass is 9.49. The Morgan fingerprint density at radius 1 is 0.941 bits per heavy atom. The van der Waals surface area contributed by atoms with E-state index in [1.165, 1.54) is 44.1 Å². The molecule has 7 rings (SSSR count). The Labute approximate surface area is 202 Å². The van der Waals surface area contributed by atoms with E-state index in [0.29, 0.717) is 19.5 Å². The van der Waals surface area contributed by atoms with Crippen LogP contribution in [0.4, 0.5) is 0 Å². The van der Waals surface area contributed by atoms with Crippen LogP contribution in [0.2, 0.25) is 0 Å². The molecular weight excluding hydrogens is 424 g/mol. The van der Waals surface area contributed by atoms with Crippen molar-refractivity contribution in [3.8, 4) is 0 Å². The van der Waals surface area contributed by atoms with Crippen LogP contribution in [0.5, 0.6) is 0 Å². The minimum Gasteiger partial charge on any atom is -0.347 e. The van der Waals surface area contributed by atoms with Crippen molar-refractivity contribution in [2.24, 2.45) is 23.2 Å². The fourth-order valence-corrected chi connectivity index (χ4v) is 7.89. The summed E-state index contributed by atoms with van der Waals surface area (Å²) in [6, 6.07) is 10.4. The second-order valence-electron chi connectivity index (χ2n) is 11.5. The number of nitrogens with zero attached hydrogens (tertiary/aromatic N) is 3. The number of hydrogen-bond donors (Lipinski definition) is 1. The highest BCUT2D eigenvalue weighted by molar-refractivity contribution is 5.85. The molecule has 5 fully saturated rings. The van der Waals surface area contributed by atoms with Gasteiger partial charge in [-0.25, -0.2) is 0 Å². The topological polar surface area (TPSA) is 65.5 Å². The molecule has 4 saturated carbocycles. The first-order valence-corrected chi connectivity index (χ1v) is 13.1. The summed E-state index contributed by atoms with van der Waals surface area (Å²) in [7, 11) is 0. The number of pyridine rings is 1. The van der Waals surface area contributed by atoms with Crippen LogP contribution in [0.15, 0.2) is 36.5 Å². The molecule has 0 unspecified atom stereocenters. The normalized spacial score (nSPS) is 30.6. The Balaban J connectivity index is 0.969. The van der Waals surface area contributed by atoms with E-state index in [2.05, 4.69) is 39.5 Å². The predicted molar refractivity (Wildman–Crippen MR) is 132 cm³/mol. The summed E-state index contributed by atoms with van der Waals surface area (Å²) in [5.41, 5.74) is 2.52. The van der Waals surface area contributed by atoms with Gasteiger partial charge < -0.3 is 10.2 Å². The Hall–Kier alpha value is -2.47. The number of aromatic nitrogens is 1. The number of amides is 2. The van der Waals surface area contributed by atoms with Crippen LogP contribution in [0.1, 0.15) is 50.5 Å². The van der Waals surface area contributed by atoms with Crippen LogP contribution in [0.3, 0.4) is 0 Å². The second kappa shape index (κ2) is 8.95. The summed E-state index contributed by atoms with van der Waals surface area (Å²) in [6.45, 7) is 4.09. The van der Waals surface area contributed by atoms with Crippen LogP contribution in [0, 0.1) is 23.2 Å². The molecule has 5 aliphatic rings. The molecule has 1 aromatic heterocycles. The molecule has 180 valence electrons. The van der Waals surface area contributed by atoms with Crippen LogP contribution < -0.4 is 5.32 Å². The first kappa shape index (κ1) is 22.0. The summed E-state index contributed by atoms with van der Waals surface area (Å²) >= 11 is 0. The molecule has 2 heterocycles. The van der Waals surface area contributed by atoms with Crippen LogP contribution in [-0.4, -0.2) is 59.3 Å². The van der Waals surface area contributed by atoms with E-state index < -0.39 is 0 Å². The van der Waals surface area contributed by atoms with Crippen molar-refractivity contribution in [3.63, 3.8) is 0 Å². The Kier molecular flexibility index (Phi) is 5.80. The summed E-state index contributed by atoms with van der Waals surface area (Å²) in [5, 5.41) is 4.14. The predicted octanol–water partition coefficient (Wildman–Crippen LogP) is 3.60. The zero-order valence-corrected chi connectivity index (χ0v) is 20.0. The highest BCUT2D eigenvalue weighted by atomic mass is 16.2. The Bertz CT molecular complexity index is 1030. The summed E-state index contributed by atoms with van der Waals surface area (Å²) in [5.74, 6) is 2.67. The third-order valence-corrected chi connectivity index (χ3v) is 8.97. The lowest BCUT2D eigenvalue weighted by Gasteiger charge is -2.56. The van der Waals surface area contributed by atoms with E-state index in [-0.39, 0.29) is 23.8 Å². The number of hydrogen-bond acceptors (Lipinski definition) is 4. The third-order valence-electron chi connectivity index (χ3n) is 8.97. The molecule has 1 N–H and O–H groups in total. The van der Waals surface area contributed by atoms with Crippen molar-refractivity contribution in [1.82, 2.24) is 20.1 Å². The van der Waals surface area contributed by atoms with Gasteiger partial charge in [-0.05, 0) is 73.3 Å². The first-order chi connectivity index (χ1) is 16.6. The van der Waals surface area contributed by atoms with E-state index in [1.54, 1.807) is 0 Å². The molecule has 4 bridgehead atoms. The molecule has 0 atom stereocenters. The van der Waals surface area contributed by atoms with Gasteiger partial charge in [0, 0.05) is 50.7 Å². The van der Waals surface area contributed by atoms with Gasteiger partial charge in [0.2, 0.25) is 11.8 Å². The zero-order valence-electron chi connectivity index (χ0n) is 20.0. The molecule has 6 nitrogen and oxygen atoms in total. The number of piperazine rings is 1. The van der Waals surface area contributed by atoms with Crippen molar-refractivity contribution in [3.05, 3.63) is 42.1 Å². The van der Waals surface area contributed by atoms with Crippen molar-refractivity contribution >= 4 is 22.7 Å². The van der Waals surface area contributed by atoms with Crippen molar-refractivity contribution < 1.29 is 9.59 Å². The third kappa shape index (κ3) is 4.45. The molecule has 34 heavy (non-hydrogen) atoms. The van der Waals surface area contributed by atoms with E-state index in [1.807, 2.05) is 17.2 Å². The average molecular weight is 461 g/mol. The molecular formula is C28H36N4O2. The SMILES string of the molecule is O=C(CC12CC3CC(CC(C3)C1)C2)NCC(=O)N1CCN(Cc2cccc3cccnc23)CC1. The number of benzene rings is 1. The number of carbonyl (C=O) groups is 2. The highest BCUT2D eigenvalue weighted by Crippen LogP contribution is 2.61. The van der Waals surface area contributed by atoms with Gasteiger partial charge in [0.25, 0.3) is 0 Å². The lowest BCUT2D eigenvalue weighted by molar-refractivity contribution is -0.136. The molecule has 0 spiro atoms. The van der Waals surface area contributed by atoms with Gasteiger partial charge in [-0.15, -0.1) is 0 Å². The van der Waals surface area contributed by atoms with Crippen LogP contribution in [-0.2, 0) is 16.1 Å².